The van der Waals surface area contributed by atoms with Gasteiger partial charge in [-0.2, -0.15) is 0 Å². The number of carbonyl (C=O) groups excluding carboxylic acids is 3. The van der Waals surface area contributed by atoms with Gasteiger partial charge in [0.25, 0.3) is 5.91 Å². The highest BCUT2D eigenvalue weighted by atomic mass is 16.2. The Balaban J connectivity index is 1.85. The zero-order valence-corrected chi connectivity index (χ0v) is 16.4. The molecule has 0 saturated carbocycles. The van der Waals surface area contributed by atoms with Crippen LogP contribution in [0.25, 0.3) is 0 Å². The van der Waals surface area contributed by atoms with Gasteiger partial charge in [-0.1, -0.05) is 0 Å². The van der Waals surface area contributed by atoms with Crippen LogP contribution in [-0.2, 0) is 9.59 Å². The molecular formula is C21H26N4O3. The molecule has 0 aliphatic heterocycles. The van der Waals surface area contributed by atoms with Gasteiger partial charge in [0.15, 0.2) is 0 Å². The van der Waals surface area contributed by atoms with Gasteiger partial charge in [0.2, 0.25) is 11.8 Å². The highest BCUT2D eigenvalue weighted by Gasteiger charge is 2.12. The molecule has 3 N–H and O–H groups in total. The van der Waals surface area contributed by atoms with Crippen LogP contribution in [0.1, 0.15) is 31.1 Å². The summed E-state index contributed by atoms with van der Waals surface area (Å²) in [5.41, 5.74) is 2.69. The third-order valence-corrected chi connectivity index (χ3v) is 4.12. The summed E-state index contributed by atoms with van der Waals surface area (Å²) in [7, 11) is 0. The van der Waals surface area contributed by atoms with Crippen molar-refractivity contribution in [2.75, 3.05) is 35.6 Å². The SMILES string of the molecule is CCN(CC)C(=O)c1ccc(NCC(=O)Nc2ccc(NC(C)=O)cc2)cc1. The fourth-order valence-electron chi connectivity index (χ4n) is 2.65. The van der Waals surface area contributed by atoms with Crippen LogP contribution in [0.4, 0.5) is 17.1 Å². The normalized spacial score (nSPS) is 10.1. The Morgan fingerprint density at radius 1 is 0.786 bits per heavy atom. The van der Waals surface area contributed by atoms with Gasteiger partial charge in [-0.05, 0) is 62.4 Å². The standard InChI is InChI=1S/C21H26N4O3/c1-4-25(5-2)21(28)16-6-8-17(9-7-16)22-14-20(27)24-19-12-10-18(11-13-19)23-15(3)26/h6-13,22H,4-5,14H2,1-3H3,(H,23,26)(H,24,27). The van der Waals surface area contributed by atoms with Crippen LogP contribution in [0.3, 0.4) is 0 Å². The van der Waals surface area contributed by atoms with Crippen molar-refractivity contribution in [2.24, 2.45) is 0 Å². The first kappa shape index (κ1) is 21.0. The summed E-state index contributed by atoms with van der Waals surface area (Å²) in [6.45, 7) is 6.76. The smallest absolute Gasteiger partial charge is 0.253 e. The summed E-state index contributed by atoms with van der Waals surface area (Å²) < 4.78 is 0. The lowest BCUT2D eigenvalue weighted by atomic mass is 10.1. The number of nitrogens with one attached hydrogen (secondary N) is 3. The molecule has 0 heterocycles. The zero-order valence-electron chi connectivity index (χ0n) is 16.4. The molecule has 2 aromatic carbocycles. The second-order valence-electron chi connectivity index (χ2n) is 6.22. The average molecular weight is 382 g/mol. The maximum Gasteiger partial charge on any atom is 0.253 e. The van der Waals surface area contributed by atoms with Gasteiger partial charge in [0.1, 0.15) is 0 Å². The molecule has 0 bridgehead atoms. The molecule has 7 nitrogen and oxygen atoms in total. The fraction of sp³-hybridized carbons (Fsp3) is 0.286. The highest BCUT2D eigenvalue weighted by Crippen LogP contribution is 2.14. The van der Waals surface area contributed by atoms with Crippen LogP contribution in [0.5, 0.6) is 0 Å². The Morgan fingerprint density at radius 2 is 1.29 bits per heavy atom. The lowest BCUT2D eigenvalue weighted by molar-refractivity contribution is -0.115. The van der Waals surface area contributed by atoms with Crippen LogP contribution in [0.15, 0.2) is 48.5 Å². The van der Waals surface area contributed by atoms with Crippen LogP contribution >= 0.6 is 0 Å². The predicted octanol–water partition coefficient (Wildman–Crippen LogP) is 3.18. The van der Waals surface area contributed by atoms with E-state index in [4.69, 9.17) is 0 Å². The molecule has 0 spiro atoms. The summed E-state index contributed by atoms with van der Waals surface area (Å²) in [6.07, 6.45) is 0. The van der Waals surface area contributed by atoms with Crippen molar-refractivity contribution in [1.29, 1.82) is 0 Å². The number of amides is 3. The Kier molecular flexibility index (Phi) is 7.56. The minimum Gasteiger partial charge on any atom is -0.376 e. The summed E-state index contributed by atoms with van der Waals surface area (Å²) in [6, 6.07) is 13.9. The summed E-state index contributed by atoms with van der Waals surface area (Å²) in [4.78, 5) is 37.1. The number of hydrogen-bond donors (Lipinski definition) is 3. The molecular weight excluding hydrogens is 356 g/mol. The Labute approximate surface area is 165 Å². The first-order chi connectivity index (χ1) is 13.4. The van der Waals surface area contributed by atoms with E-state index in [1.54, 1.807) is 53.4 Å². The largest absolute Gasteiger partial charge is 0.376 e. The van der Waals surface area contributed by atoms with Gasteiger partial charge in [-0.25, -0.2) is 0 Å². The molecule has 0 atom stereocenters. The Hall–Kier alpha value is -3.35. The van der Waals surface area contributed by atoms with Gasteiger partial charge in [0.05, 0.1) is 6.54 Å². The van der Waals surface area contributed by atoms with E-state index in [-0.39, 0.29) is 24.3 Å². The van der Waals surface area contributed by atoms with Gasteiger partial charge < -0.3 is 20.9 Å². The molecule has 3 amide bonds. The van der Waals surface area contributed by atoms with Crippen LogP contribution < -0.4 is 16.0 Å². The second-order valence-corrected chi connectivity index (χ2v) is 6.22. The summed E-state index contributed by atoms with van der Waals surface area (Å²) in [5, 5.41) is 8.48. The molecule has 148 valence electrons. The summed E-state index contributed by atoms with van der Waals surface area (Å²) in [5.74, 6) is -0.349. The van der Waals surface area contributed by atoms with E-state index in [1.807, 2.05) is 13.8 Å². The number of hydrogen-bond acceptors (Lipinski definition) is 4. The number of anilines is 3. The molecule has 28 heavy (non-hydrogen) atoms. The maximum absolute atomic E-state index is 12.3. The predicted molar refractivity (Wildman–Crippen MR) is 112 cm³/mol. The molecule has 0 radical (unpaired) electrons. The molecule has 0 unspecified atom stereocenters. The van der Waals surface area contributed by atoms with E-state index in [0.717, 1.165) is 5.69 Å². The zero-order chi connectivity index (χ0) is 20.5. The van der Waals surface area contributed by atoms with Crippen molar-refractivity contribution in [3.63, 3.8) is 0 Å². The quantitative estimate of drug-likeness (QED) is 0.654. The van der Waals surface area contributed by atoms with E-state index < -0.39 is 0 Å². The van der Waals surface area contributed by atoms with Gasteiger partial charge in [-0.3, -0.25) is 14.4 Å². The van der Waals surface area contributed by atoms with Gasteiger partial charge >= 0.3 is 0 Å². The van der Waals surface area contributed by atoms with Crippen LogP contribution in [-0.4, -0.2) is 42.3 Å². The van der Waals surface area contributed by atoms with Crippen molar-refractivity contribution < 1.29 is 14.4 Å². The Bertz CT molecular complexity index is 813. The van der Waals surface area contributed by atoms with Crippen LogP contribution in [0.2, 0.25) is 0 Å². The lowest BCUT2D eigenvalue weighted by Crippen LogP contribution is -2.30. The number of benzene rings is 2. The van der Waals surface area contributed by atoms with Crippen molar-refractivity contribution in [2.45, 2.75) is 20.8 Å². The van der Waals surface area contributed by atoms with E-state index in [0.29, 0.717) is 30.0 Å². The first-order valence-electron chi connectivity index (χ1n) is 9.23. The minimum atomic E-state index is -0.199. The van der Waals surface area contributed by atoms with Crippen molar-refractivity contribution >= 4 is 34.8 Å². The maximum atomic E-state index is 12.3. The number of nitrogens with zero attached hydrogens (tertiary/aromatic N) is 1. The number of carbonyl (C=O) groups is 3. The Morgan fingerprint density at radius 3 is 1.79 bits per heavy atom. The van der Waals surface area contributed by atoms with Gasteiger partial charge in [-0.15, -0.1) is 0 Å². The highest BCUT2D eigenvalue weighted by molar-refractivity contribution is 5.95. The van der Waals surface area contributed by atoms with Crippen LogP contribution in [0, 0.1) is 0 Å². The molecule has 7 heteroatoms. The summed E-state index contributed by atoms with van der Waals surface area (Å²) >= 11 is 0. The van der Waals surface area contributed by atoms with E-state index in [1.165, 1.54) is 6.92 Å². The van der Waals surface area contributed by atoms with Gasteiger partial charge in [0, 0.05) is 42.6 Å². The first-order valence-corrected chi connectivity index (χ1v) is 9.23. The second kappa shape index (κ2) is 10.1. The average Bonchev–Trinajstić information content (AvgIpc) is 2.69. The minimum absolute atomic E-state index is 0.00278. The molecule has 2 rings (SSSR count). The number of rotatable bonds is 8. The van der Waals surface area contributed by atoms with E-state index >= 15 is 0 Å². The molecule has 2 aromatic rings. The third kappa shape index (κ3) is 6.12. The van der Waals surface area contributed by atoms with Crippen molar-refractivity contribution in [3.05, 3.63) is 54.1 Å². The molecule has 0 fully saturated rings. The van der Waals surface area contributed by atoms with Crippen molar-refractivity contribution in [3.8, 4) is 0 Å². The molecule has 0 aromatic heterocycles. The molecule has 0 saturated heterocycles. The molecule has 0 aliphatic rings. The van der Waals surface area contributed by atoms with Crippen molar-refractivity contribution in [1.82, 2.24) is 4.90 Å². The third-order valence-electron chi connectivity index (χ3n) is 4.12. The van der Waals surface area contributed by atoms with E-state index in [9.17, 15) is 14.4 Å². The molecule has 0 aliphatic carbocycles. The monoisotopic (exact) mass is 382 g/mol. The fourth-order valence-corrected chi connectivity index (χ4v) is 2.65. The lowest BCUT2D eigenvalue weighted by Gasteiger charge is -2.18. The topological polar surface area (TPSA) is 90.5 Å². The van der Waals surface area contributed by atoms with E-state index in [2.05, 4.69) is 16.0 Å².